The first kappa shape index (κ1) is 16.0. The Morgan fingerprint density at radius 3 is 2.88 bits per heavy atom. The number of aryl methyl sites for hydroxylation is 1. The van der Waals surface area contributed by atoms with Crippen LogP contribution in [0.4, 0.5) is 4.39 Å². The first-order valence-electron chi connectivity index (χ1n) is 8.57. The molecule has 0 amide bonds. The highest BCUT2D eigenvalue weighted by Gasteiger charge is 2.32. The topological polar surface area (TPSA) is 44.8 Å². The molecule has 3 heterocycles. The normalized spacial score (nSPS) is 17.5. The first-order chi connectivity index (χ1) is 12.1. The van der Waals surface area contributed by atoms with Crippen molar-refractivity contribution >= 4 is 0 Å². The van der Waals surface area contributed by atoms with Crippen molar-refractivity contribution in [2.24, 2.45) is 0 Å². The van der Waals surface area contributed by atoms with E-state index < -0.39 is 0 Å². The second kappa shape index (κ2) is 6.41. The summed E-state index contributed by atoms with van der Waals surface area (Å²) in [5.74, 6) is -0.107. The van der Waals surface area contributed by atoms with Crippen LogP contribution in [0.15, 0.2) is 42.9 Å². The molecular weight excluding hydrogens is 315 g/mol. The Labute approximate surface area is 146 Å². The molecule has 0 fully saturated rings. The Morgan fingerprint density at radius 2 is 2.08 bits per heavy atom. The standard InChI is InChI=1S/C20H21FN4/c1-13-6-7-15(14(2)18(13)21)11-25-10-8-16-19(24-12-23-16)20(25)17-5-3-4-9-22-17/h3-7,9,12,20H,8,10-11H2,1-2H3,(H,23,24). The molecule has 25 heavy (non-hydrogen) atoms. The van der Waals surface area contributed by atoms with E-state index in [1.54, 1.807) is 13.3 Å². The van der Waals surface area contributed by atoms with E-state index in [4.69, 9.17) is 0 Å². The number of hydrogen-bond acceptors (Lipinski definition) is 3. The van der Waals surface area contributed by atoms with Gasteiger partial charge in [-0.2, -0.15) is 0 Å². The van der Waals surface area contributed by atoms with E-state index in [2.05, 4.69) is 19.9 Å². The lowest BCUT2D eigenvalue weighted by atomic mass is 9.97. The lowest BCUT2D eigenvalue weighted by Gasteiger charge is -2.35. The Morgan fingerprint density at radius 1 is 1.20 bits per heavy atom. The van der Waals surface area contributed by atoms with Gasteiger partial charge < -0.3 is 4.98 Å². The number of aromatic nitrogens is 3. The molecular formula is C20H21FN4. The zero-order valence-electron chi connectivity index (χ0n) is 14.5. The minimum Gasteiger partial charge on any atom is -0.348 e. The van der Waals surface area contributed by atoms with Crippen LogP contribution in [0.5, 0.6) is 0 Å². The number of imidazole rings is 1. The highest BCUT2D eigenvalue weighted by Crippen LogP contribution is 2.34. The third-order valence-electron chi connectivity index (χ3n) is 5.06. The molecule has 128 valence electrons. The Hall–Kier alpha value is -2.53. The van der Waals surface area contributed by atoms with Crippen molar-refractivity contribution in [2.75, 3.05) is 6.54 Å². The van der Waals surface area contributed by atoms with Crippen LogP contribution in [-0.2, 0) is 13.0 Å². The lowest BCUT2D eigenvalue weighted by Crippen LogP contribution is -2.36. The molecule has 0 aliphatic carbocycles. The van der Waals surface area contributed by atoms with Crippen molar-refractivity contribution in [3.8, 4) is 0 Å². The second-order valence-electron chi connectivity index (χ2n) is 6.62. The van der Waals surface area contributed by atoms with E-state index in [1.165, 1.54) is 5.69 Å². The fraction of sp³-hybridized carbons (Fsp3) is 0.300. The highest BCUT2D eigenvalue weighted by molar-refractivity contribution is 5.34. The van der Waals surface area contributed by atoms with Gasteiger partial charge in [-0.05, 0) is 42.7 Å². The molecule has 0 spiro atoms. The van der Waals surface area contributed by atoms with Gasteiger partial charge in [0.15, 0.2) is 0 Å². The van der Waals surface area contributed by atoms with Crippen LogP contribution in [0, 0.1) is 19.7 Å². The van der Waals surface area contributed by atoms with E-state index in [-0.39, 0.29) is 11.9 Å². The molecule has 0 saturated carbocycles. The molecule has 1 aliphatic rings. The number of nitrogens with zero attached hydrogens (tertiary/aromatic N) is 3. The van der Waals surface area contributed by atoms with E-state index in [0.29, 0.717) is 12.1 Å². The summed E-state index contributed by atoms with van der Waals surface area (Å²) in [6.45, 7) is 5.22. The summed E-state index contributed by atoms with van der Waals surface area (Å²) in [7, 11) is 0. The summed E-state index contributed by atoms with van der Waals surface area (Å²) in [4.78, 5) is 14.7. The molecule has 4 rings (SSSR count). The third-order valence-corrected chi connectivity index (χ3v) is 5.06. The molecule has 0 radical (unpaired) electrons. The van der Waals surface area contributed by atoms with Crippen molar-refractivity contribution in [3.63, 3.8) is 0 Å². The van der Waals surface area contributed by atoms with Crippen LogP contribution in [-0.4, -0.2) is 26.4 Å². The number of rotatable bonds is 3. The number of benzene rings is 1. The van der Waals surface area contributed by atoms with Crippen molar-refractivity contribution in [2.45, 2.75) is 32.9 Å². The van der Waals surface area contributed by atoms with Crippen LogP contribution in [0.3, 0.4) is 0 Å². The maximum Gasteiger partial charge on any atom is 0.129 e. The Bertz CT molecular complexity index is 888. The number of halogens is 1. The maximum atomic E-state index is 14.3. The summed E-state index contributed by atoms with van der Waals surface area (Å²) in [6.07, 6.45) is 4.47. The summed E-state index contributed by atoms with van der Waals surface area (Å²) in [5, 5.41) is 0. The fourth-order valence-corrected chi connectivity index (χ4v) is 3.61. The molecule has 1 atom stereocenters. The van der Waals surface area contributed by atoms with E-state index in [0.717, 1.165) is 35.5 Å². The van der Waals surface area contributed by atoms with Crippen LogP contribution in [0.1, 0.15) is 39.8 Å². The average Bonchev–Trinajstić information content (AvgIpc) is 3.11. The Kier molecular flexibility index (Phi) is 4.09. The minimum absolute atomic E-state index is 0.0139. The molecule has 0 bridgehead atoms. The van der Waals surface area contributed by atoms with Gasteiger partial charge >= 0.3 is 0 Å². The summed E-state index contributed by atoms with van der Waals surface area (Å²) in [6, 6.07) is 9.82. The van der Waals surface area contributed by atoms with Gasteiger partial charge in [0, 0.05) is 31.4 Å². The van der Waals surface area contributed by atoms with E-state index in [9.17, 15) is 4.39 Å². The first-order valence-corrected chi connectivity index (χ1v) is 8.57. The predicted molar refractivity (Wildman–Crippen MR) is 94.7 cm³/mol. The van der Waals surface area contributed by atoms with Crippen molar-refractivity contribution in [1.29, 1.82) is 0 Å². The van der Waals surface area contributed by atoms with Crippen LogP contribution >= 0.6 is 0 Å². The Balaban J connectivity index is 1.72. The number of aromatic amines is 1. The average molecular weight is 336 g/mol. The van der Waals surface area contributed by atoms with Gasteiger partial charge in [-0.1, -0.05) is 18.2 Å². The SMILES string of the molecule is Cc1ccc(CN2CCc3[nH]cnc3C2c2ccccn2)c(C)c1F. The van der Waals surface area contributed by atoms with Crippen LogP contribution < -0.4 is 0 Å². The predicted octanol–water partition coefficient (Wildman–Crippen LogP) is 3.71. The van der Waals surface area contributed by atoms with Crippen LogP contribution in [0.2, 0.25) is 0 Å². The minimum atomic E-state index is -0.107. The van der Waals surface area contributed by atoms with Crippen molar-refractivity contribution < 1.29 is 4.39 Å². The van der Waals surface area contributed by atoms with Crippen molar-refractivity contribution in [3.05, 3.63) is 82.4 Å². The van der Waals surface area contributed by atoms with Gasteiger partial charge in [0.05, 0.1) is 23.8 Å². The summed E-state index contributed by atoms with van der Waals surface area (Å²) < 4.78 is 14.3. The van der Waals surface area contributed by atoms with E-state index in [1.807, 2.05) is 43.5 Å². The van der Waals surface area contributed by atoms with Gasteiger partial charge in [0.25, 0.3) is 0 Å². The molecule has 1 N–H and O–H groups in total. The quantitative estimate of drug-likeness (QED) is 0.793. The number of hydrogen-bond donors (Lipinski definition) is 1. The van der Waals surface area contributed by atoms with Gasteiger partial charge in [-0.25, -0.2) is 9.37 Å². The molecule has 3 aromatic rings. The highest BCUT2D eigenvalue weighted by atomic mass is 19.1. The number of fused-ring (bicyclic) bond motifs is 1. The number of H-pyrrole nitrogens is 1. The largest absolute Gasteiger partial charge is 0.348 e. The van der Waals surface area contributed by atoms with Gasteiger partial charge in [0.2, 0.25) is 0 Å². The molecule has 1 aliphatic heterocycles. The molecule has 5 heteroatoms. The smallest absolute Gasteiger partial charge is 0.129 e. The number of pyridine rings is 1. The van der Waals surface area contributed by atoms with Gasteiger partial charge in [-0.3, -0.25) is 9.88 Å². The van der Waals surface area contributed by atoms with Crippen LogP contribution in [0.25, 0.3) is 0 Å². The molecule has 1 aromatic carbocycles. The molecule has 2 aromatic heterocycles. The molecule has 0 saturated heterocycles. The maximum absolute atomic E-state index is 14.3. The van der Waals surface area contributed by atoms with E-state index >= 15 is 0 Å². The van der Waals surface area contributed by atoms with Gasteiger partial charge in [0.1, 0.15) is 5.82 Å². The molecule has 1 unspecified atom stereocenters. The van der Waals surface area contributed by atoms with Gasteiger partial charge in [-0.15, -0.1) is 0 Å². The second-order valence-corrected chi connectivity index (χ2v) is 6.62. The third kappa shape index (κ3) is 2.85. The number of nitrogens with one attached hydrogen (secondary N) is 1. The fourth-order valence-electron chi connectivity index (χ4n) is 3.61. The zero-order chi connectivity index (χ0) is 17.4. The zero-order valence-corrected chi connectivity index (χ0v) is 14.5. The van der Waals surface area contributed by atoms with Crippen molar-refractivity contribution in [1.82, 2.24) is 19.9 Å². The summed E-state index contributed by atoms with van der Waals surface area (Å²) >= 11 is 0. The monoisotopic (exact) mass is 336 g/mol. The molecule has 4 nitrogen and oxygen atoms in total. The summed E-state index contributed by atoms with van der Waals surface area (Å²) in [5.41, 5.74) is 5.60. The lowest BCUT2D eigenvalue weighted by molar-refractivity contribution is 0.196.